The molecule has 0 spiro atoms. The van der Waals surface area contributed by atoms with Crippen molar-refractivity contribution >= 4 is 39.2 Å². The molecule has 136 valence electrons. The first-order chi connectivity index (χ1) is 12.4. The summed E-state index contributed by atoms with van der Waals surface area (Å²) in [6.07, 6.45) is 0.562. The van der Waals surface area contributed by atoms with Crippen LogP contribution in [0.1, 0.15) is 30.6 Å². The lowest BCUT2D eigenvalue weighted by molar-refractivity contribution is -0.122. The fraction of sp³-hybridized carbons (Fsp3) is 0.300. The fourth-order valence-corrected chi connectivity index (χ4v) is 3.41. The van der Waals surface area contributed by atoms with Gasteiger partial charge in [-0.1, -0.05) is 24.3 Å². The van der Waals surface area contributed by atoms with Crippen LogP contribution in [0.2, 0.25) is 0 Å². The molecule has 0 fully saturated rings. The van der Waals surface area contributed by atoms with Gasteiger partial charge in [-0.05, 0) is 60.5 Å². The Kier molecular flexibility index (Phi) is 5.32. The molecule has 1 heterocycles. The SMILES string of the molecule is CC1(C)Nc2ccccc2N(CCCOC(=O)c2ccccc2Br)C1=O. The second-order valence-electron chi connectivity index (χ2n) is 6.69. The summed E-state index contributed by atoms with van der Waals surface area (Å²) in [6.45, 7) is 4.47. The lowest BCUT2D eigenvalue weighted by Crippen LogP contribution is -2.54. The van der Waals surface area contributed by atoms with Crippen molar-refractivity contribution in [3.05, 3.63) is 58.6 Å². The highest BCUT2D eigenvalue weighted by molar-refractivity contribution is 9.10. The molecular formula is C20H21BrN2O3. The van der Waals surface area contributed by atoms with Crippen LogP contribution in [0, 0.1) is 0 Å². The number of anilines is 2. The van der Waals surface area contributed by atoms with Crippen LogP contribution >= 0.6 is 15.9 Å². The average Bonchev–Trinajstić information content (AvgIpc) is 2.61. The third-order valence-corrected chi connectivity index (χ3v) is 4.97. The number of hydrogen-bond donors (Lipinski definition) is 1. The van der Waals surface area contributed by atoms with E-state index in [-0.39, 0.29) is 18.5 Å². The second-order valence-corrected chi connectivity index (χ2v) is 7.55. The molecule has 0 aromatic heterocycles. The zero-order valence-electron chi connectivity index (χ0n) is 14.8. The molecule has 1 aliphatic heterocycles. The first-order valence-corrected chi connectivity index (χ1v) is 9.30. The van der Waals surface area contributed by atoms with E-state index in [0.717, 1.165) is 11.4 Å². The lowest BCUT2D eigenvalue weighted by atomic mass is 9.98. The summed E-state index contributed by atoms with van der Waals surface area (Å²) >= 11 is 3.35. The number of nitrogens with zero attached hydrogens (tertiary/aromatic N) is 1. The minimum atomic E-state index is -0.667. The molecule has 0 unspecified atom stereocenters. The van der Waals surface area contributed by atoms with Crippen molar-refractivity contribution in [3.8, 4) is 0 Å². The summed E-state index contributed by atoms with van der Waals surface area (Å²) in [6, 6.07) is 14.9. The van der Waals surface area contributed by atoms with E-state index in [9.17, 15) is 9.59 Å². The third-order valence-electron chi connectivity index (χ3n) is 4.27. The predicted molar refractivity (Wildman–Crippen MR) is 106 cm³/mol. The number of halogens is 1. The molecular weight excluding hydrogens is 396 g/mol. The lowest BCUT2D eigenvalue weighted by Gasteiger charge is -2.40. The Hall–Kier alpha value is -2.34. The summed E-state index contributed by atoms with van der Waals surface area (Å²) in [5.74, 6) is -0.363. The summed E-state index contributed by atoms with van der Waals surface area (Å²) < 4.78 is 6.06. The van der Waals surface area contributed by atoms with Crippen LogP contribution in [0.5, 0.6) is 0 Å². The number of carbonyl (C=O) groups excluding carboxylic acids is 2. The van der Waals surface area contributed by atoms with Gasteiger partial charge in [-0.25, -0.2) is 4.79 Å². The average molecular weight is 417 g/mol. The molecule has 0 saturated heterocycles. The first-order valence-electron chi connectivity index (χ1n) is 8.51. The Bertz CT molecular complexity index is 835. The molecule has 2 aromatic carbocycles. The number of amides is 1. The number of esters is 1. The summed E-state index contributed by atoms with van der Waals surface area (Å²) in [5.41, 5.74) is 1.62. The molecule has 1 aliphatic rings. The van der Waals surface area contributed by atoms with Crippen molar-refractivity contribution in [2.24, 2.45) is 0 Å². The smallest absolute Gasteiger partial charge is 0.339 e. The van der Waals surface area contributed by atoms with Crippen molar-refractivity contribution in [2.75, 3.05) is 23.4 Å². The molecule has 26 heavy (non-hydrogen) atoms. The number of ether oxygens (including phenoxy) is 1. The monoisotopic (exact) mass is 416 g/mol. The van der Waals surface area contributed by atoms with E-state index in [1.54, 1.807) is 23.1 Å². The molecule has 5 nitrogen and oxygen atoms in total. The minimum Gasteiger partial charge on any atom is -0.462 e. The normalized spacial score (nSPS) is 15.2. The highest BCUT2D eigenvalue weighted by Gasteiger charge is 2.38. The first kappa shape index (κ1) is 18.5. The van der Waals surface area contributed by atoms with Gasteiger partial charge in [0, 0.05) is 11.0 Å². The molecule has 0 saturated carbocycles. The molecule has 6 heteroatoms. The van der Waals surface area contributed by atoms with Gasteiger partial charge in [0.25, 0.3) is 5.91 Å². The van der Waals surface area contributed by atoms with Crippen molar-refractivity contribution in [1.82, 2.24) is 0 Å². The van der Waals surface area contributed by atoms with Crippen LogP contribution in [-0.2, 0) is 9.53 Å². The Labute approximate surface area is 161 Å². The Morgan fingerprint density at radius 3 is 2.62 bits per heavy atom. The van der Waals surface area contributed by atoms with Crippen LogP contribution in [0.4, 0.5) is 11.4 Å². The Balaban J connectivity index is 1.62. The number of rotatable bonds is 5. The van der Waals surface area contributed by atoms with Gasteiger partial charge in [0.2, 0.25) is 0 Å². The molecule has 0 aliphatic carbocycles. The van der Waals surface area contributed by atoms with Gasteiger partial charge in [0.05, 0.1) is 23.5 Å². The van der Waals surface area contributed by atoms with E-state index >= 15 is 0 Å². The topological polar surface area (TPSA) is 58.6 Å². The molecule has 3 rings (SSSR count). The number of benzene rings is 2. The number of para-hydroxylation sites is 2. The Morgan fingerprint density at radius 2 is 1.85 bits per heavy atom. The second kappa shape index (κ2) is 7.50. The van der Waals surface area contributed by atoms with E-state index in [1.165, 1.54) is 0 Å². The van der Waals surface area contributed by atoms with Crippen molar-refractivity contribution in [1.29, 1.82) is 0 Å². The highest BCUT2D eigenvalue weighted by Crippen LogP contribution is 2.35. The van der Waals surface area contributed by atoms with E-state index in [1.807, 2.05) is 44.2 Å². The van der Waals surface area contributed by atoms with E-state index < -0.39 is 5.54 Å². The molecule has 0 radical (unpaired) electrons. The van der Waals surface area contributed by atoms with Gasteiger partial charge < -0.3 is 15.0 Å². The maximum atomic E-state index is 12.8. The molecule has 0 bridgehead atoms. The Morgan fingerprint density at radius 1 is 1.15 bits per heavy atom. The largest absolute Gasteiger partial charge is 0.462 e. The van der Waals surface area contributed by atoms with Crippen molar-refractivity contribution in [2.45, 2.75) is 25.8 Å². The molecule has 2 aromatic rings. The third kappa shape index (κ3) is 3.75. The predicted octanol–water partition coefficient (Wildman–Crippen LogP) is 4.23. The van der Waals surface area contributed by atoms with Crippen LogP contribution in [0.25, 0.3) is 0 Å². The number of carbonyl (C=O) groups is 2. The minimum absolute atomic E-state index is 0.00771. The van der Waals surface area contributed by atoms with Gasteiger partial charge in [0.15, 0.2) is 0 Å². The number of fused-ring (bicyclic) bond motifs is 1. The zero-order chi connectivity index (χ0) is 18.7. The van der Waals surface area contributed by atoms with E-state index in [2.05, 4.69) is 21.2 Å². The fourth-order valence-electron chi connectivity index (χ4n) is 2.97. The van der Waals surface area contributed by atoms with Crippen LogP contribution in [-0.4, -0.2) is 30.6 Å². The molecule has 0 atom stereocenters. The standard InChI is InChI=1S/C20H21BrN2O3/c1-20(2)19(25)23(17-11-6-5-10-16(17)22-20)12-7-13-26-18(24)14-8-3-4-9-15(14)21/h3-6,8-11,22H,7,12-13H2,1-2H3. The quantitative estimate of drug-likeness (QED) is 0.584. The number of hydrogen-bond acceptors (Lipinski definition) is 4. The van der Waals surface area contributed by atoms with Crippen LogP contribution in [0.3, 0.4) is 0 Å². The highest BCUT2D eigenvalue weighted by atomic mass is 79.9. The van der Waals surface area contributed by atoms with Gasteiger partial charge in [0.1, 0.15) is 5.54 Å². The van der Waals surface area contributed by atoms with Gasteiger partial charge in [-0.15, -0.1) is 0 Å². The zero-order valence-corrected chi connectivity index (χ0v) is 16.4. The summed E-state index contributed by atoms with van der Waals surface area (Å²) in [7, 11) is 0. The van der Waals surface area contributed by atoms with E-state index in [4.69, 9.17) is 4.74 Å². The van der Waals surface area contributed by atoms with Gasteiger partial charge in [-0.2, -0.15) is 0 Å². The molecule has 1 N–H and O–H groups in total. The number of nitrogens with one attached hydrogen (secondary N) is 1. The van der Waals surface area contributed by atoms with Crippen molar-refractivity contribution < 1.29 is 14.3 Å². The van der Waals surface area contributed by atoms with Crippen LogP contribution < -0.4 is 10.2 Å². The van der Waals surface area contributed by atoms with Crippen molar-refractivity contribution in [3.63, 3.8) is 0 Å². The maximum Gasteiger partial charge on any atom is 0.339 e. The maximum absolute atomic E-state index is 12.8. The van der Waals surface area contributed by atoms with Crippen LogP contribution in [0.15, 0.2) is 53.0 Å². The van der Waals surface area contributed by atoms with E-state index in [0.29, 0.717) is 23.0 Å². The summed E-state index contributed by atoms with van der Waals surface area (Å²) in [4.78, 5) is 26.7. The molecule has 1 amide bonds. The summed E-state index contributed by atoms with van der Waals surface area (Å²) in [5, 5.41) is 3.27. The van der Waals surface area contributed by atoms with Gasteiger partial charge >= 0.3 is 5.97 Å². The van der Waals surface area contributed by atoms with Gasteiger partial charge in [-0.3, -0.25) is 4.79 Å².